The average molecular weight is 467 g/mol. The van der Waals surface area contributed by atoms with Gasteiger partial charge in [0.2, 0.25) is 0 Å². The Bertz CT molecular complexity index is 1490. The fourth-order valence-electron chi connectivity index (χ4n) is 3.65. The van der Waals surface area contributed by atoms with Crippen LogP contribution >= 0.6 is 11.3 Å². The largest absolute Gasteiger partial charge is 0.463 e. The van der Waals surface area contributed by atoms with Crippen molar-refractivity contribution in [1.29, 1.82) is 0 Å². The van der Waals surface area contributed by atoms with Crippen molar-refractivity contribution < 1.29 is 18.8 Å². The predicted molar refractivity (Wildman–Crippen MR) is 120 cm³/mol. The quantitative estimate of drug-likeness (QED) is 0.326. The van der Waals surface area contributed by atoms with Crippen molar-refractivity contribution in [2.45, 2.75) is 19.9 Å². The van der Waals surface area contributed by atoms with Crippen LogP contribution < -0.4 is 14.9 Å². The first kappa shape index (κ1) is 22.3. The van der Waals surface area contributed by atoms with Gasteiger partial charge in [-0.25, -0.2) is 14.2 Å². The van der Waals surface area contributed by atoms with Gasteiger partial charge in [-0.3, -0.25) is 19.5 Å². The van der Waals surface area contributed by atoms with E-state index in [2.05, 4.69) is 4.99 Å². The number of nitro groups is 1. The maximum atomic E-state index is 14.2. The van der Waals surface area contributed by atoms with E-state index >= 15 is 0 Å². The van der Waals surface area contributed by atoms with E-state index in [1.54, 1.807) is 38.1 Å². The van der Waals surface area contributed by atoms with Crippen LogP contribution in [0, 0.1) is 15.9 Å². The third-order valence-electron chi connectivity index (χ3n) is 5.11. The van der Waals surface area contributed by atoms with Gasteiger partial charge in [0.25, 0.3) is 11.2 Å². The van der Waals surface area contributed by atoms with E-state index in [0.29, 0.717) is 16.1 Å². The summed E-state index contributed by atoms with van der Waals surface area (Å²) in [4.78, 5) is 41.8. The van der Waals surface area contributed by atoms with Gasteiger partial charge in [-0.05, 0) is 31.6 Å². The van der Waals surface area contributed by atoms with Crippen LogP contribution in [0.15, 0.2) is 69.6 Å². The lowest BCUT2D eigenvalue weighted by Gasteiger charge is -2.24. The zero-order chi connectivity index (χ0) is 23.7. The zero-order valence-corrected chi connectivity index (χ0v) is 18.5. The molecule has 4 rings (SSSR count). The van der Waals surface area contributed by atoms with E-state index in [4.69, 9.17) is 4.74 Å². The summed E-state index contributed by atoms with van der Waals surface area (Å²) in [5, 5.41) is 11.3. The highest BCUT2D eigenvalue weighted by atomic mass is 32.1. The molecule has 2 heterocycles. The Morgan fingerprint density at radius 3 is 2.76 bits per heavy atom. The van der Waals surface area contributed by atoms with Gasteiger partial charge in [0, 0.05) is 17.7 Å². The minimum absolute atomic E-state index is 0.106. The molecule has 0 N–H and O–H groups in total. The van der Waals surface area contributed by atoms with Gasteiger partial charge in [0.1, 0.15) is 5.82 Å². The van der Waals surface area contributed by atoms with Crippen molar-refractivity contribution in [3.05, 3.63) is 107 Å². The minimum Gasteiger partial charge on any atom is -0.463 e. The van der Waals surface area contributed by atoms with E-state index < -0.39 is 28.3 Å². The molecular formula is C23H18FN3O5S. The van der Waals surface area contributed by atoms with Gasteiger partial charge in [-0.15, -0.1) is 0 Å². The molecule has 33 heavy (non-hydrogen) atoms. The number of thiazole rings is 1. The zero-order valence-electron chi connectivity index (χ0n) is 17.6. The van der Waals surface area contributed by atoms with Gasteiger partial charge < -0.3 is 4.74 Å². The van der Waals surface area contributed by atoms with Crippen molar-refractivity contribution in [3.8, 4) is 0 Å². The lowest BCUT2D eigenvalue weighted by molar-refractivity contribution is -0.384. The number of hydrogen-bond donors (Lipinski definition) is 0. The molecule has 0 spiro atoms. The van der Waals surface area contributed by atoms with Crippen molar-refractivity contribution in [2.24, 2.45) is 4.99 Å². The number of fused-ring (bicyclic) bond motifs is 1. The Hall–Kier alpha value is -3.92. The van der Waals surface area contributed by atoms with Crippen LogP contribution in [0.1, 0.15) is 31.0 Å². The molecule has 1 unspecified atom stereocenters. The third kappa shape index (κ3) is 4.12. The number of carbonyl (C=O) groups excluding carboxylic acids is 1. The number of halogens is 1. The van der Waals surface area contributed by atoms with Crippen LogP contribution in [-0.2, 0) is 9.53 Å². The molecule has 0 aliphatic carbocycles. The molecule has 0 fully saturated rings. The summed E-state index contributed by atoms with van der Waals surface area (Å²) in [7, 11) is 0. The van der Waals surface area contributed by atoms with Crippen LogP contribution in [-0.4, -0.2) is 22.1 Å². The molecule has 8 nitrogen and oxygen atoms in total. The number of benzene rings is 2. The number of carbonyl (C=O) groups is 1. The number of non-ortho nitro benzene ring substituents is 1. The van der Waals surface area contributed by atoms with Gasteiger partial charge in [0.05, 0.1) is 33.4 Å². The first-order chi connectivity index (χ1) is 15.8. The topological polar surface area (TPSA) is 104 Å². The number of ether oxygens (including phenoxy) is 1. The molecule has 0 saturated heterocycles. The molecule has 0 amide bonds. The van der Waals surface area contributed by atoms with Crippen molar-refractivity contribution >= 4 is 29.1 Å². The number of aromatic nitrogens is 1. The summed E-state index contributed by atoms with van der Waals surface area (Å²) < 4.78 is 20.9. The number of nitrogens with zero attached hydrogens (tertiary/aromatic N) is 3. The maximum Gasteiger partial charge on any atom is 0.338 e. The molecule has 1 aliphatic heterocycles. The predicted octanol–water partition coefficient (Wildman–Crippen LogP) is 2.85. The SMILES string of the molecule is CCOC(=O)C1=C(C)N=c2sc(=Cc3ccccc3F)c(=O)n2C1c1cccc([N+](=O)[O-])c1. The lowest BCUT2D eigenvalue weighted by Crippen LogP contribution is -2.40. The van der Waals surface area contributed by atoms with Crippen LogP contribution in [0.25, 0.3) is 6.08 Å². The first-order valence-corrected chi connectivity index (χ1v) is 10.8. The van der Waals surface area contributed by atoms with E-state index in [-0.39, 0.29) is 28.0 Å². The second kappa shape index (κ2) is 8.91. The summed E-state index contributed by atoms with van der Waals surface area (Å²) in [6, 6.07) is 10.8. The second-order valence-corrected chi connectivity index (χ2v) is 8.18. The standard InChI is InChI=1S/C23H18FN3O5S/c1-3-32-22(29)19-13(2)25-23-26(20(19)15-8-6-9-16(11-15)27(30)31)21(28)18(33-23)12-14-7-4-5-10-17(14)24/h4-12,20H,3H2,1-2H3. The molecule has 2 aromatic carbocycles. The Morgan fingerprint density at radius 2 is 2.06 bits per heavy atom. The highest BCUT2D eigenvalue weighted by molar-refractivity contribution is 7.07. The molecule has 168 valence electrons. The fraction of sp³-hybridized carbons (Fsp3) is 0.174. The van der Waals surface area contributed by atoms with Gasteiger partial charge >= 0.3 is 5.97 Å². The summed E-state index contributed by atoms with van der Waals surface area (Å²) in [6.07, 6.45) is 1.42. The minimum atomic E-state index is -0.983. The molecular weight excluding hydrogens is 449 g/mol. The van der Waals surface area contributed by atoms with Crippen molar-refractivity contribution in [1.82, 2.24) is 4.57 Å². The average Bonchev–Trinajstić information content (AvgIpc) is 3.09. The van der Waals surface area contributed by atoms with E-state index in [1.807, 2.05) is 0 Å². The number of nitro benzene ring substituents is 1. The first-order valence-electron chi connectivity index (χ1n) is 10.0. The summed E-state index contributed by atoms with van der Waals surface area (Å²) >= 11 is 1.05. The van der Waals surface area contributed by atoms with Gasteiger partial charge in [0.15, 0.2) is 4.80 Å². The molecule has 1 aliphatic rings. The van der Waals surface area contributed by atoms with Crippen LogP contribution in [0.5, 0.6) is 0 Å². The molecule has 3 aromatic rings. The Balaban J connectivity index is 1.99. The van der Waals surface area contributed by atoms with Gasteiger partial charge in [-0.1, -0.05) is 41.7 Å². The number of esters is 1. The monoisotopic (exact) mass is 467 g/mol. The Labute approximate surface area is 190 Å². The summed E-state index contributed by atoms with van der Waals surface area (Å²) in [6.45, 7) is 3.37. The summed E-state index contributed by atoms with van der Waals surface area (Å²) in [5.41, 5.74) is 0.369. The van der Waals surface area contributed by atoms with Crippen LogP contribution in [0.4, 0.5) is 10.1 Å². The number of rotatable bonds is 5. The van der Waals surface area contributed by atoms with E-state index in [0.717, 1.165) is 11.3 Å². The van der Waals surface area contributed by atoms with E-state index in [1.165, 1.54) is 34.9 Å². The molecule has 1 aromatic heterocycles. The van der Waals surface area contributed by atoms with Crippen molar-refractivity contribution in [2.75, 3.05) is 6.61 Å². The van der Waals surface area contributed by atoms with Crippen LogP contribution in [0.2, 0.25) is 0 Å². The third-order valence-corrected chi connectivity index (χ3v) is 6.09. The highest BCUT2D eigenvalue weighted by Gasteiger charge is 2.34. The Morgan fingerprint density at radius 1 is 1.30 bits per heavy atom. The normalized spacial score (nSPS) is 15.7. The smallest absolute Gasteiger partial charge is 0.338 e. The number of allylic oxidation sites excluding steroid dienone is 1. The summed E-state index contributed by atoms with van der Waals surface area (Å²) in [5.74, 6) is -1.15. The van der Waals surface area contributed by atoms with Crippen LogP contribution in [0.3, 0.4) is 0 Å². The molecule has 0 saturated carbocycles. The molecule has 0 bridgehead atoms. The van der Waals surface area contributed by atoms with Gasteiger partial charge in [-0.2, -0.15) is 0 Å². The fourth-order valence-corrected chi connectivity index (χ4v) is 4.69. The van der Waals surface area contributed by atoms with Crippen molar-refractivity contribution in [3.63, 3.8) is 0 Å². The number of hydrogen-bond acceptors (Lipinski definition) is 7. The maximum absolute atomic E-state index is 14.2. The second-order valence-electron chi connectivity index (χ2n) is 7.18. The highest BCUT2D eigenvalue weighted by Crippen LogP contribution is 2.32. The molecule has 10 heteroatoms. The molecule has 0 radical (unpaired) electrons. The molecule has 1 atom stereocenters. The lowest BCUT2D eigenvalue weighted by atomic mass is 9.95. The van der Waals surface area contributed by atoms with E-state index in [9.17, 15) is 24.1 Å². The Kier molecular flexibility index (Phi) is 6.01.